The van der Waals surface area contributed by atoms with Gasteiger partial charge in [0.2, 0.25) is 0 Å². The molecule has 0 aliphatic heterocycles. The molecule has 0 amide bonds. The molecule has 118 valence electrons. The first kappa shape index (κ1) is 15.2. The van der Waals surface area contributed by atoms with E-state index in [1.807, 2.05) is 0 Å². The number of rotatable bonds is 4. The van der Waals surface area contributed by atoms with E-state index in [0.717, 1.165) is 25.7 Å². The van der Waals surface area contributed by atoms with Crippen LogP contribution in [0.3, 0.4) is 0 Å². The third-order valence-electron chi connectivity index (χ3n) is 4.38. The molecule has 1 saturated carbocycles. The maximum atomic E-state index is 11.3. The first-order valence-electron chi connectivity index (χ1n) is 7.70. The summed E-state index contributed by atoms with van der Waals surface area (Å²) in [5.74, 6) is 0.445. The highest BCUT2D eigenvalue weighted by molar-refractivity contribution is 5.92. The molecule has 2 aromatic rings. The minimum atomic E-state index is -0.426. The SMILES string of the molecule is N#CCC1CCC(Nc2c([N+](=O)[O-])cnc3cccnc23)CC1. The molecular weight excluding hydrogens is 294 g/mol. The number of nitrogens with zero attached hydrogens (tertiary/aromatic N) is 4. The summed E-state index contributed by atoms with van der Waals surface area (Å²) >= 11 is 0. The van der Waals surface area contributed by atoms with Gasteiger partial charge in [0, 0.05) is 18.7 Å². The lowest BCUT2D eigenvalue weighted by Crippen LogP contribution is -2.26. The summed E-state index contributed by atoms with van der Waals surface area (Å²) < 4.78 is 0. The van der Waals surface area contributed by atoms with Gasteiger partial charge < -0.3 is 5.32 Å². The number of hydrogen-bond acceptors (Lipinski definition) is 6. The van der Waals surface area contributed by atoms with E-state index in [1.54, 1.807) is 18.3 Å². The molecule has 1 fully saturated rings. The Balaban J connectivity index is 1.86. The van der Waals surface area contributed by atoms with Gasteiger partial charge >= 0.3 is 5.69 Å². The lowest BCUT2D eigenvalue weighted by Gasteiger charge is -2.28. The third-order valence-corrected chi connectivity index (χ3v) is 4.38. The Bertz CT molecular complexity index is 763. The predicted molar refractivity (Wildman–Crippen MR) is 85.8 cm³/mol. The van der Waals surface area contributed by atoms with Crippen molar-refractivity contribution in [2.24, 2.45) is 5.92 Å². The van der Waals surface area contributed by atoms with E-state index in [-0.39, 0.29) is 11.7 Å². The van der Waals surface area contributed by atoms with Crippen molar-refractivity contribution in [3.63, 3.8) is 0 Å². The fourth-order valence-electron chi connectivity index (χ4n) is 3.14. The van der Waals surface area contributed by atoms with E-state index in [9.17, 15) is 10.1 Å². The molecule has 3 rings (SSSR count). The number of aromatic nitrogens is 2. The molecular formula is C16H17N5O2. The van der Waals surface area contributed by atoms with Gasteiger partial charge in [-0.15, -0.1) is 0 Å². The van der Waals surface area contributed by atoms with E-state index >= 15 is 0 Å². The van der Waals surface area contributed by atoms with Gasteiger partial charge in [-0.3, -0.25) is 15.1 Å². The van der Waals surface area contributed by atoms with Gasteiger partial charge in [0.15, 0.2) is 0 Å². The van der Waals surface area contributed by atoms with Crippen LogP contribution in [0.2, 0.25) is 0 Å². The molecule has 0 saturated heterocycles. The molecule has 7 nitrogen and oxygen atoms in total. The van der Waals surface area contributed by atoms with Gasteiger partial charge in [0.1, 0.15) is 17.4 Å². The van der Waals surface area contributed by atoms with Crippen molar-refractivity contribution in [2.45, 2.75) is 38.1 Å². The average Bonchev–Trinajstić information content (AvgIpc) is 2.57. The predicted octanol–water partition coefficient (Wildman–Crippen LogP) is 3.42. The molecule has 0 aromatic carbocycles. The van der Waals surface area contributed by atoms with Crippen molar-refractivity contribution in [1.82, 2.24) is 9.97 Å². The minimum Gasteiger partial charge on any atom is -0.375 e. The van der Waals surface area contributed by atoms with Crippen LogP contribution in [0.1, 0.15) is 32.1 Å². The number of nitrogens with one attached hydrogen (secondary N) is 1. The van der Waals surface area contributed by atoms with E-state index in [4.69, 9.17) is 5.26 Å². The van der Waals surface area contributed by atoms with Gasteiger partial charge in [-0.1, -0.05) is 0 Å². The van der Waals surface area contributed by atoms with Crippen LogP contribution >= 0.6 is 0 Å². The maximum Gasteiger partial charge on any atom is 0.312 e. The molecule has 23 heavy (non-hydrogen) atoms. The summed E-state index contributed by atoms with van der Waals surface area (Å²) in [5, 5.41) is 23.4. The van der Waals surface area contributed by atoms with Gasteiger partial charge in [0.05, 0.1) is 16.5 Å². The average molecular weight is 311 g/mol. The smallest absolute Gasteiger partial charge is 0.312 e. The Kier molecular flexibility index (Phi) is 4.33. The molecule has 2 heterocycles. The molecule has 0 spiro atoms. The third kappa shape index (κ3) is 3.21. The molecule has 1 N–H and O–H groups in total. The largest absolute Gasteiger partial charge is 0.375 e. The lowest BCUT2D eigenvalue weighted by atomic mass is 9.84. The summed E-state index contributed by atoms with van der Waals surface area (Å²) in [7, 11) is 0. The summed E-state index contributed by atoms with van der Waals surface area (Å²) in [5.41, 5.74) is 1.57. The fraction of sp³-hybridized carbons (Fsp3) is 0.438. The first-order chi connectivity index (χ1) is 11.2. The van der Waals surface area contributed by atoms with E-state index < -0.39 is 4.92 Å². The van der Waals surface area contributed by atoms with Crippen LogP contribution in [0.25, 0.3) is 11.0 Å². The normalized spacial score (nSPS) is 20.8. The second-order valence-corrected chi connectivity index (χ2v) is 5.87. The van der Waals surface area contributed by atoms with Crippen LogP contribution in [-0.4, -0.2) is 20.9 Å². The van der Waals surface area contributed by atoms with Gasteiger partial charge in [0.25, 0.3) is 0 Å². The molecule has 0 bridgehead atoms. The Morgan fingerprint density at radius 1 is 1.35 bits per heavy atom. The van der Waals surface area contributed by atoms with E-state index in [2.05, 4.69) is 21.4 Å². The van der Waals surface area contributed by atoms with Gasteiger partial charge in [-0.2, -0.15) is 5.26 Å². The van der Waals surface area contributed by atoms with E-state index in [0.29, 0.717) is 29.1 Å². The minimum absolute atomic E-state index is 0.0460. The van der Waals surface area contributed by atoms with Crippen LogP contribution in [-0.2, 0) is 0 Å². The molecule has 0 unspecified atom stereocenters. The van der Waals surface area contributed by atoms with Gasteiger partial charge in [-0.05, 0) is 43.7 Å². The van der Waals surface area contributed by atoms with Crippen molar-refractivity contribution < 1.29 is 4.92 Å². The topological polar surface area (TPSA) is 105 Å². The van der Waals surface area contributed by atoms with Crippen molar-refractivity contribution >= 4 is 22.4 Å². The van der Waals surface area contributed by atoms with Crippen molar-refractivity contribution in [1.29, 1.82) is 5.26 Å². The first-order valence-corrected chi connectivity index (χ1v) is 7.70. The Morgan fingerprint density at radius 2 is 2.13 bits per heavy atom. The number of anilines is 1. The van der Waals surface area contributed by atoms with Crippen molar-refractivity contribution in [3.8, 4) is 6.07 Å². The standard InChI is InChI=1S/C16H17N5O2/c17-8-7-11-3-5-12(6-4-11)20-16-14(21(22)23)10-19-13-2-1-9-18-15(13)16/h1-2,9-12H,3-7H2,(H,19,20). The van der Waals surface area contributed by atoms with Crippen LogP contribution in [0.5, 0.6) is 0 Å². The second-order valence-electron chi connectivity index (χ2n) is 5.87. The van der Waals surface area contributed by atoms with Crippen LogP contribution in [0.15, 0.2) is 24.5 Å². The Labute approximate surface area is 133 Å². The zero-order valence-electron chi connectivity index (χ0n) is 12.6. The summed E-state index contributed by atoms with van der Waals surface area (Å²) in [4.78, 5) is 19.3. The van der Waals surface area contributed by atoms with Gasteiger partial charge in [-0.25, -0.2) is 4.98 Å². The number of pyridine rings is 2. The number of nitriles is 1. The van der Waals surface area contributed by atoms with Crippen molar-refractivity contribution in [3.05, 3.63) is 34.6 Å². The second kappa shape index (κ2) is 6.57. The highest BCUT2D eigenvalue weighted by Crippen LogP contribution is 2.34. The highest BCUT2D eigenvalue weighted by atomic mass is 16.6. The number of hydrogen-bond donors (Lipinski definition) is 1. The molecule has 1 aliphatic carbocycles. The molecule has 1 aliphatic rings. The fourth-order valence-corrected chi connectivity index (χ4v) is 3.14. The monoisotopic (exact) mass is 311 g/mol. The Hall–Kier alpha value is -2.75. The van der Waals surface area contributed by atoms with Crippen LogP contribution < -0.4 is 5.32 Å². The summed E-state index contributed by atoms with van der Waals surface area (Å²) in [6.07, 6.45) is 7.23. The zero-order valence-corrected chi connectivity index (χ0v) is 12.6. The Morgan fingerprint density at radius 3 is 2.83 bits per heavy atom. The highest BCUT2D eigenvalue weighted by Gasteiger charge is 2.25. The molecule has 0 radical (unpaired) electrons. The summed E-state index contributed by atoms with van der Waals surface area (Å²) in [6.45, 7) is 0. The van der Waals surface area contributed by atoms with Crippen LogP contribution in [0, 0.1) is 27.4 Å². The van der Waals surface area contributed by atoms with Crippen LogP contribution in [0.4, 0.5) is 11.4 Å². The summed E-state index contributed by atoms with van der Waals surface area (Å²) in [6, 6.07) is 5.94. The maximum absolute atomic E-state index is 11.3. The molecule has 0 atom stereocenters. The van der Waals surface area contributed by atoms with Crippen molar-refractivity contribution in [2.75, 3.05) is 5.32 Å². The quantitative estimate of drug-likeness (QED) is 0.685. The molecule has 2 aromatic heterocycles. The number of fused-ring (bicyclic) bond motifs is 1. The molecule has 7 heteroatoms. The van der Waals surface area contributed by atoms with E-state index in [1.165, 1.54) is 6.20 Å². The zero-order chi connectivity index (χ0) is 16.2. The number of nitro groups is 1. The lowest BCUT2D eigenvalue weighted by molar-refractivity contribution is -0.384.